The van der Waals surface area contributed by atoms with E-state index in [1.807, 2.05) is 0 Å². The lowest BCUT2D eigenvalue weighted by Crippen LogP contribution is -2.05. The minimum Gasteiger partial charge on any atom is -0.264 e. The minimum atomic E-state index is -4.36. The second kappa shape index (κ2) is 3.47. The monoisotopic (exact) mass is 231 g/mol. The van der Waals surface area contributed by atoms with Crippen LogP contribution < -0.4 is 0 Å². The molecule has 0 heterocycles. The van der Waals surface area contributed by atoms with Crippen molar-refractivity contribution in [1.82, 2.24) is 0 Å². The first-order valence-electron chi connectivity index (χ1n) is 4.70. The summed E-state index contributed by atoms with van der Waals surface area (Å²) in [4.78, 5) is 10.0. The van der Waals surface area contributed by atoms with Crippen LogP contribution in [0.25, 0.3) is 0 Å². The van der Waals surface area contributed by atoms with Gasteiger partial charge in [-0.3, -0.25) is 10.1 Å². The highest BCUT2D eigenvalue weighted by atomic mass is 19.4. The Morgan fingerprint density at radius 3 is 2.19 bits per heavy atom. The van der Waals surface area contributed by atoms with E-state index < -0.39 is 17.8 Å². The van der Waals surface area contributed by atoms with E-state index in [2.05, 4.69) is 0 Å². The zero-order chi connectivity index (χ0) is 11.9. The Morgan fingerprint density at radius 2 is 1.81 bits per heavy atom. The molecule has 2 atom stereocenters. The Balaban J connectivity index is 2.13. The lowest BCUT2D eigenvalue weighted by atomic mass is 10.1. The highest BCUT2D eigenvalue weighted by Crippen LogP contribution is 2.43. The quantitative estimate of drug-likeness (QED) is 0.580. The molecule has 0 amide bonds. The standard InChI is InChI=1S/C10H8F3NO2/c11-10(12,13)7-3-1-6(2-4-7)8-5-9(8)14(15)16/h1-4,8-9H,5H2/t8-,9+/m1/s1. The van der Waals surface area contributed by atoms with Crippen molar-refractivity contribution in [3.05, 3.63) is 45.5 Å². The molecule has 1 aliphatic carbocycles. The van der Waals surface area contributed by atoms with Crippen molar-refractivity contribution in [3.63, 3.8) is 0 Å². The molecule has 0 bridgehead atoms. The van der Waals surface area contributed by atoms with Crippen LogP contribution >= 0.6 is 0 Å². The van der Waals surface area contributed by atoms with Crippen LogP contribution in [0.4, 0.5) is 13.2 Å². The smallest absolute Gasteiger partial charge is 0.264 e. The summed E-state index contributed by atoms with van der Waals surface area (Å²) in [6.45, 7) is 0. The van der Waals surface area contributed by atoms with Crippen molar-refractivity contribution in [2.75, 3.05) is 0 Å². The fourth-order valence-corrected chi connectivity index (χ4v) is 1.69. The Morgan fingerprint density at radius 1 is 1.25 bits per heavy atom. The predicted molar refractivity (Wildman–Crippen MR) is 49.6 cm³/mol. The third kappa shape index (κ3) is 2.00. The summed E-state index contributed by atoms with van der Waals surface area (Å²) >= 11 is 0. The lowest BCUT2D eigenvalue weighted by Gasteiger charge is -2.06. The summed E-state index contributed by atoms with van der Waals surface area (Å²) < 4.78 is 36.7. The Bertz CT molecular complexity index is 413. The number of hydrogen-bond donors (Lipinski definition) is 0. The highest BCUT2D eigenvalue weighted by Gasteiger charge is 2.49. The van der Waals surface area contributed by atoms with Gasteiger partial charge in [0.05, 0.1) is 11.5 Å². The molecule has 1 aromatic rings. The van der Waals surface area contributed by atoms with Gasteiger partial charge in [-0.25, -0.2) is 0 Å². The van der Waals surface area contributed by atoms with E-state index in [0.29, 0.717) is 12.0 Å². The van der Waals surface area contributed by atoms with Crippen molar-refractivity contribution in [2.24, 2.45) is 0 Å². The van der Waals surface area contributed by atoms with Gasteiger partial charge in [-0.15, -0.1) is 0 Å². The maximum atomic E-state index is 12.2. The molecule has 0 spiro atoms. The second-order valence-corrected chi connectivity index (χ2v) is 3.81. The van der Waals surface area contributed by atoms with E-state index in [0.717, 1.165) is 12.1 Å². The predicted octanol–water partition coefficient (Wildman–Crippen LogP) is 2.84. The number of nitro groups is 1. The van der Waals surface area contributed by atoms with E-state index in [-0.39, 0.29) is 10.8 Å². The maximum absolute atomic E-state index is 12.2. The molecule has 1 aliphatic rings. The fraction of sp³-hybridized carbons (Fsp3) is 0.400. The van der Waals surface area contributed by atoms with Crippen LogP contribution in [0.5, 0.6) is 0 Å². The molecule has 0 N–H and O–H groups in total. The zero-order valence-electron chi connectivity index (χ0n) is 8.07. The SMILES string of the molecule is O=[N+]([O-])[C@H]1C[C@@H]1c1ccc(C(F)(F)F)cc1. The summed E-state index contributed by atoms with van der Waals surface area (Å²) in [6, 6.07) is 3.93. The average molecular weight is 231 g/mol. The van der Waals surface area contributed by atoms with Gasteiger partial charge in [-0.2, -0.15) is 13.2 Å². The van der Waals surface area contributed by atoms with Gasteiger partial charge < -0.3 is 0 Å². The molecule has 1 aromatic carbocycles. The molecule has 0 aliphatic heterocycles. The van der Waals surface area contributed by atoms with Crippen LogP contribution in [0.1, 0.15) is 23.5 Å². The van der Waals surface area contributed by atoms with Crippen LogP contribution in [-0.4, -0.2) is 11.0 Å². The molecular weight excluding hydrogens is 223 g/mol. The number of benzene rings is 1. The first-order chi connectivity index (χ1) is 7.39. The average Bonchev–Trinajstić information content (AvgIpc) is 2.96. The molecule has 0 saturated heterocycles. The van der Waals surface area contributed by atoms with Crippen LogP contribution in [0.15, 0.2) is 24.3 Å². The normalized spacial score (nSPS) is 24.2. The topological polar surface area (TPSA) is 43.1 Å². The molecule has 1 saturated carbocycles. The molecule has 2 rings (SSSR count). The van der Waals surface area contributed by atoms with E-state index in [1.54, 1.807) is 0 Å². The molecule has 0 radical (unpaired) electrons. The van der Waals surface area contributed by atoms with Gasteiger partial charge in [0.25, 0.3) is 0 Å². The van der Waals surface area contributed by atoms with Crippen LogP contribution in [0, 0.1) is 10.1 Å². The van der Waals surface area contributed by atoms with Crippen LogP contribution in [-0.2, 0) is 6.18 Å². The summed E-state index contributed by atoms with van der Waals surface area (Å²) in [5.74, 6) is -0.225. The number of hydrogen-bond acceptors (Lipinski definition) is 2. The van der Waals surface area contributed by atoms with Crippen molar-refractivity contribution in [2.45, 2.75) is 24.6 Å². The summed E-state index contributed by atoms with van der Waals surface area (Å²) in [5.41, 5.74) is -0.121. The van der Waals surface area contributed by atoms with Gasteiger partial charge in [0, 0.05) is 11.3 Å². The Labute approximate surface area is 89.0 Å². The fourth-order valence-electron chi connectivity index (χ4n) is 1.69. The first-order valence-corrected chi connectivity index (χ1v) is 4.70. The molecule has 6 heteroatoms. The molecule has 0 unspecified atom stereocenters. The van der Waals surface area contributed by atoms with E-state index in [9.17, 15) is 23.3 Å². The molecule has 0 aromatic heterocycles. The lowest BCUT2D eigenvalue weighted by molar-refractivity contribution is -0.496. The zero-order valence-corrected chi connectivity index (χ0v) is 8.07. The molecule has 16 heavy (non-hydrogen) atoms. The number of nitrogens with zero attached hydrogens (tertiary/aromatic N) is 1. The summed E-state index contributed by atoms with van der Waals surface area (Å²) in [7, 11) is 0. The third-order valence-corrected chi connectivity index (χ3v) is 2.69. The van der Waals surface area contributed by atoms with Gasteiger partial charge in [-0.1, -0.05) is 12.1 Å². The van der Waals surface area contributed by atoms with E-state index in [1.165, 1.54) is 12.1 Å². The number of rotatable bonds is 2. The Kier molecular flexibility index (Phi) is 2.36. The van der Waals surface area contributed by atoms with Gasteiger partial charge in [0.15, 0.2) is 0 Å². The van der Waals surface area contributed by atoms with Crippen molar-refractivity contribution >= 4 is 0 Å². The van der Waals surface area contributed by atoms with Crippen molar-refractivity contribution in [3.8, 4) is 0 Å². The minimum absolute atomic E-state index is 0.225. The van der Waals surface area contributed by atoms with Gasteiger partial charge >= 0.3 is 6.18 Å². The van der Waals surface area contributed by atoms with Crippen LogP contribution in [0.3, 0.4) is 0 Å². The van der Waals surface area contributed by atoms with Gasteiger partial charge in [0.2, 0.25) is 6.04 Å². The highest BCUT2D eigenvalue weighted by molar-refractivity contribution is 5.31. The first kappa shape index (κ1) is 10.9. The largest absolute Gasteiger partial charge is 0.416 e. The summed E-state index contributed by atoms with van der Waals surface area (Å²) in [5, 5.41) is 10.4. The van der Waals surface area contributed by atoms with E-state index >= 15 is 0 Å². The van der Waals surface area contributed by atoms with Gasteiger partial charge in [0.1, 0.15) is 0 Å². The van der Waals surface area contributed by atoms with Gasteiger partial charge in [-0.05, 0) is 17.7 Å². The molecular formula is C10H8F3NO2. The summed E-state index contributed by atoms with van der Waals surface area (Å²) in [6.07, 6.45) is -3.94. The molecule has 86 valence electrons. The van der Waals surface area contributed by atoms with Crippen molar-refractivity contribution < 1.29 is 18.1 Å². The molecule has 3 nitrogen and oxygen atoms in total. The number of halogens is 3. The van der Waals surface area contributed by atoms with Crippen LogP contribution in [0.2, 0.25) is 0 Å². The maximum Gasteiger partial charge on any atom is 0.416 e. The van der Waals surface area contributed by atoms with E-state index in [4.69, 9.17) is 0 Å². The van der Waals surface area contributed by atoms with Crippen molar-refractivity contribution in [1.29, 1.82) is 0 Å². The third-order valence-electron chi connectivity index (χ3n) is 2.69. The number of alkyl halides is 3. The second-order valence-electron chi connectivity index (χ2n) is 3.81. The Hall–Kier alpha value is -1.59. The molecule has 1 fully saturated rings.